The van der Waals surface area contributed by atoms with Crippen molar-refractivity contribution in [1.82, 2.24) is 0 Å². The highest BCUT2D eigenvalue weighted by atomic mass is 16.3. The molecule has 2 aliphatic rings. The van der Waals surface area contributed by atoms with Crippen molar-refractivity contribution in [3.63, 3.8) is 0 Å². The number of aliphatic hydroxyl groups excluding tert-OH is 2. The summed E-state index contributed by atoms with van der Waals surface area (Å²) in [6.45, 7) is 0. The van der Waals surface area contributed by atoms with Gasteiger partial charge in [-0.2, -0.15) is 0 Å². The summed E-state index contributed by atoms with van der Waals surface area (Å²) < 4.78 is 0. The number of aliphatic hydroxyl groups is 2. The number of hydrogen-bond acceptors (Lipinski definition) is 3. The predicted molar refractivity (Wildman–Crippen MR) is 144 cm³/mol. The number of carbonyl (C=O) groups is 1. The molecule has 2 aliphatic carbocycles. The minimum Gasteiger partial charge on any atom is -0.392 e. The van der Waals surface area contributed by atoms with E-state index in [1.54, 1.807) is 0 Å². The Kier molecular flexibility index (Phi) is 17.3. The van der Waals surface area contributed by atoms with Crippen LogP contribution in [0.5, 0.6) is 0 Å². The molecule has 0 aromatic heterocycles. The molecule has 0 aromatic carbocycles. The Morgan fingerprint density at radius 3 is 0.824 bits per heavy atom. The van der Waals surface area contributed by atoms with Crippen LogP contribution in [0.25, 0.3) is 0 Å². The average molecular weight is 479 g/mol. The van der Waals surface area contributed by atoms with E-state index in [1.165, 1.54) is 116 Å². The molecular weight excluding hydrogens is 420 g/mol. The van der Waals surface area contributed by atoms with Gasteiger partial charge in [0.1, 0.15) is 5.78 Å². The van der Waals surface area contributed by atoms with Crippen LogP contribution in [0.3, 0.4) is 0 Å². The molecule has 200 valence electrons. The Hall–Kier alpha value is -0.410. The van der Waals surface area contributed by atoms with Gasteiger partial charge in [-0.15, -0.1) is 0 Å². The van der Waals surface area contributed by atoms with Crippen molar-refractivity contribution in [2.45, 2.75) is 179 Å². The molecule has 0 bridgehead atoms. The Morgan fingerprint density at radius 2 is 0.559 bits per heavy atom. The topological polar surface area (TPSA) is 57.5 Å². The van der Waals surface area contributed by atoms with Crippen LogP contribution < -0.4 is 0 Å². The molecule has 2 saturated carbocycles. The molecule has 0 spiro atoms. The Bertz CT molecular complexity index is 449. The smallest absolute Gasteiger partial charge is 0.144 e. The molecule has 3 nitrogen and oxygen atoms in total. The van der Waals surface area contributed by atoms with Gasteiger partial charge in [0, 0.05) is 11.8 Å². The first-order valence-electron chi connectivity index (χ1n) is 15.6. The van der Waals surface area contributed by atoms with Gasteiger partial charge >= 0.3 is 0 Å². The van der Waals surface area contributed by atoms with Crippen LogP contribution in [0.1, 0.15) is 167 Å². The third-order valence-electron chi connectivity index (χ3n) is 8.69. The van der Waals surface area contributed by atoms with Gasteiger partial charge in [0.25, 0.3) is 0 Å². The van der Waals surface area contributed by atoms with Crippen LogP contribution in [0.2, 0.25) is 0 Å². The van der Waals surface area contributed by atoms with Crippen molar-refractivity contribution in [3.05, 3.63) is 0 Å². The van der Waals surface area contributed by atoms with Crippen molar-refractivity contribution in [2.75, 3.05) is 0 Å². The fourth-order valence-corrected chi connectivity index (χ4v) is 6.34. The third-order valence-corrected chi connectivity index (χ3v) is 8.69. The molecule has 0 heterocycles. The lowest BCUT2D eigenvalue weighted by Crippen LogP contribution is -2.38. The summed E-state index contributed by atoms with van der Waals surface area (Å²) in [6, 6.07) is 0. The summed E-state index contributed by atoms with van der Waals surface area (Å²) in [7, 11) is 0. The fraction of sp³-hybridized carbons (Fsp3) is 0.968. The number of hydrogen-bond donors (Lipinski definition) is 2. The fourth-order valence-electron chi connectivity index (χ4n) is 6.34. The summed E-state index contributed by atoms with van der Waals surface area (Å²) in [6.07, 6.45) is 29.3. The predicted octanol–water partition coefficient (Wildman–Crippen LogP) is 8.68. The maximum absolute atomic E-state index is 13.8. The molecule has 2 N–H and O–H groups in total. The third kappa shape index (κ3) is 13.1. The molecule has 34 heavy (non-hydrogen) atoms. The standard InChI is InChI=1S/C31H58O3/c32-29-25-21-17-13-9-5-1-3-7-11-15-19-23-27(29)31(34)28-24-20-16-12-8-4-2-6-10-14-18-22-26-30(28)33/h27-30,32-33H,1-26H2. The monoisotopic (exact) mass is 478 g/mol. The van der Waals surface area contributed by atoms with Crippen LogP contribution in [-0.4, -0.2) is 28.2 Å². The maximum Gasteiger partial charge on any atom is 0.144 e. The number of carbonyl (C=O) groups excluding carboxylic acids is 1. The van der Waals surface area contributed by atoms with Crippen molar-refractivity contribution in [1.29, 1.82) is 0 Å². The zero-order valence-corrected chi connectivity index (χ0v) is 22.5. The summed E-state index contributed by atoms with van der Waals surface area (Å²) in [5.41, 5.74) is 0. The Balaban J connectivity index is 2.00. The second-order valence-corrected chi connectivity index (χ2v) is 11.7. The van der Waals surface area contributed by atoms with Crippen molar-refractivity contribution in [3.8, 4) is 0 Å². The highest BCUT2D eigenvalue weighted by molar-refractivity contribution is 5.84. The largest absolute Gasteiger partial charge is 0.392 e. The first kappa shape index (κ1) is 29.8. The second kappa shape index (κ2) is 19.7. The van der Waals surface area contributed by atoms with Crippen LogP contribution in [0.15, 0.2) is 0 Å². The molecule has 3 heteroatoms. The van der Waals surface area contributed by atoms with E-state index in [0.717, 1.165) is 51.4 Å². The zero-order valence-electron chi connectivity index (χ0n) is 22.5. The number of rotatable bonds is 2. The molecule has 2 rings (SSSR count). The van der Waals surface area contributed by atoms with E-state index in [1.807, 2.05) is 0 Å². The van der Waals surface area contributed by atoms with E-state index in [-0.39, 0.29) is 17.6 Å². The van der Waals surface area contributed by atoms with E-state index in [0.29, 0.717) is 0 Å². The van der Waals surface area contributed by atoms with Crippen molar-refractivity contribution >= 4 is 5.78 Å². The molecule has 0 aromatic rings. The molecule has 0 aliphatic heterocycles. The lowest BCUT2D eigenvalue weighted by molar-refractivity contribution is -0.135. The maximum atomic E-state index is 13.8. The average Bonchev–Trinajstić information content (AvgIpc) is 2.84. The highest BCUT2D eigenvalue weighted by Gasteiger charge is 2.35. The lowest BCUT2D eigenvalue weighted by Gasteiger charge is -2.29. The Labute approximate surface area is 211 Å². The van der Waals surface area contributed by atoms with Crippen LogP contribution in [-0.2, 0) is 4.79 Å². The normalized spacial score (nSPS) is 31.8. The minimum atomic E-state index is -0.526. The van der Waals surface area contributed by atoms with E-state index in [2.05, 4.69) is 0 Å². The molecule has 0 saturated heterocycles. The van der Waals surface area contributed by atoms with Gasteiger partial charge in [0.05, 0.1) is 12.2 Å². The van der Waals surface area contributed by atoms with E-state index >= 15 is 0 Å². The summed E-state index contributed by atoms with van der Waals surface area (Å²) >= 11 is 0. The van der Waals surface area contributed by atoms with Crippen LogP contribution in [0, 0.1) is 11.8 Å². The first-order valence-corrected chi connectivity index (χ1v) is 15.6. The summed E-state index contributed by atoms with van der Waals surface area (Å²) in [4.78, 5) is 13.8. The quantitative estimate of drug-likeness (QED) is 0.417. The second-order valence-electron chi connectivity index (χ2n) is 11.7. The molecule has 2 fully saturated rings. The molecular formula is C31H58O3. The van der Waals surface area contributed by atoms with Gasteiger partial charge in [-0.25, -0.2) is 0 Å². The SMILES string of the molecule is O=C(C1CCCCCCCCCCCCCC1O)C1CCCCCCCCCCCCCC1O. The molecule has 0 radical (unpaired) electrons. The zero-order chi connectivity index (χ0) is 24.3. The van der Waals surface area contributed by atoms with Crippen molar-refractivity contribution < 1.29 is 15.0 Å². The Morgan fingerprint density at radius 1 is 0.353 bits per heavy atom. The van der Waals surface area contributed by atoms with Gasteiger partial charge in [-0.1, -0.05) is 141 Å². The van der Waals surface area contributed by atoms with E-state index in [9.17, 15) is 15.0 Å². The van der Waals surface area contributed by atoms with E-state index < -0.39 is 12.2 Å². The molecule has 4 atom stereocenters. The van der Waals surface area contributed by atoms with Crippen LogP contribution in [0.4, 0.5) is 0 Å². The van der Waals surface area contributed by atoms with Gasteiger partial charge in [-0.05, 0) is 25.7 Å². The van der Waals surface area contributed by atoms with Crippen LogP contribution >= 0.6 is 0 Å². The first-order chi connectivity index (χ1) is 16.7. The van der Waals surface area contributed by atoms with Gasteiger partial charge in [0.2, 0.25) is 0 Å². The van der Waals surface area contributed by atoms with E-state index in [4.69, 9.17) is 0 Å². The number of ketones is 1. The number of Topliss-reactive ketones (excluding diaryl/α,β-unsaturated/α-hetero) is 1. The van der Waals surface area contributed by atoms with Gasteiger partial charge in [-0.3, -0.25) is 4.79 Å². The summed E-state index contributed by atoms with van der Waals surface area (Å²) in [5.74, 6) is -0.354. The lowest BCUT2D eigenvalue weighted by atomic mass is 9.78. The molecule has 0 amide bonds. The van der Waals surface area contributed by atoms with Crippen molar-refractivity contribution in [2.24, 2.45) is 11.8 Å². The van der Waals surface area contributed by atoms with Gasteiger partial charge < -0.3 is 10.2 Å². The summed E-state index contributed by atoms with van der Waals surface area (Å²) in [5, 5.41) is 22.3. The minimum absolute atomic E-state index is 0.189. The van der Waals surface area contributed by atoms with Gasteiger partial charge in [0.15, 0.2) is 0 Å². The highest BCUT2D eigenvalue weighted by Crippen LogP contribution is 2.30. The molecule has 4 unspecified atom stereocenters.